The molecule has 2 aromatic carbocycles. The molecule has 0 N–H and O–H groups in total. The first-order valence-electron chi connectivity index (χ1n) is 9.90. The van der Waals surface area contributed by atoms with Crippen LogP contribution in [0.15, 0.2) is 48.5 Å². The first-order valence-corrected chi connectivity index (χ1v) is 9.90. The van der Waals surface area contributed by atoms with Gasteiger partial charge in [0, 0.05) is 18.1 Å². The van der Waals surface area contributed by atoms with Crippen molar-refractivity contribution in [3.63, 3.8) is 0 Å². The van der Waals surface area contributed by atoms with E-state index in [4.69, 9.17) is 9.47 Å². The molecule has 0 radical (unpaired) electrons. The number of nitrogens with zero attached hydrogens (tertiary/aromatic N) is 1. The number of hydrogen-bond donors (Lipinski definition) is 0. The van der Waals surface area contributed by atoms with Crippen LogP contribution in [0.4, 0.5) is 8.78 Å². The van der Waals surface area contributed by atoms with Crippen LogP contribution < -0.4 is 4.74 Å². The Morgan fingerprint density at radius 2 is 1.82 bits per heavy atom. The standard InChI is InChI=1S/C23H27F2NO2/c1-16-3-7-18(8-4-16)23-12-11-19(13-21(14-23)28-22(24)25)26(23)15-17-5-9-20(27-2)10-6-17/h3-10,19,21-22H,11-15H2,1-2H3. The van der Waals surface area contributed by atoms with Crippen molar-refractivity contribution in [3.05, 3.63) is 65.2 Å². The monoisotopic (exact) mass is 387 g/mol. The molecule has 3 unspecified atom stereocenters. The zero-order valence-electron chi connectivity index (χ0n) is 16.4. The minimum atomic E-state index is -2.72. The highest BCUT2D eigenvalue weighted by molar-refractivity contribution is 5.33. The molecule has 2 saturated heterocycles. The molecule has 2 aromatic rings. The molecule has 2 fully saturated rings. The number of rotatable bonds is 6. The van der Waals surface area contributed by atoms with Crippen molar-refractivity contribution in [1.82, 2.24) is 4.90 Å². The summed E-state index contributed by atoms with van der Waals surface area (Å²) in [5.41, 5.74) is 3.36. The number of benzene rings is 2. The minimum Gasteiger partial charge on any atom is -0.497 e. The summed E-state index contributed by atoms with van der Waals surface area (Å²) >= 11 is 0. The molecule has 150 valence electrons. The Morgan fingerprint density at radius 3 is 2.46 bits per heavy atom. The predicted molar refractivity (Wildman–Crippen MR) is 105 cm³/mol. The Hall–Kier alpha value is -1.98. The number of aryl methyl sites for hydroxylation is 1. The number of ether oxygens (including phenoxy) is 2. The fourth-order valence-electron chi connectivity index (χ4n) is 5.03. The molecule has 5 heteroatoms. The van der Waals surface area contributed by atoms with E-state index in [1.54, 1.807) is 7.11 Å². The second-order valence-electron chi connectivity index (χ2n) is 8.02. The lowest BCUT2D eigenvalue weighted by molar-refractivity contribution is -0.188. The van der Waals surface area contributed by atoms with Gasteiger partial charge >= 0.3 is 6.61 Å². The number of piperidine rings is 1. The maximum atomic E-state index is 12.9. The molecular weight excluding hydrogens is 360 g/mol. The average Bonchev–Trinajstić information content (AvgIpc) is 2.89. The summed E-state index contributed by atoms with van der Waals surface area (Å²) < 4.78 is 36.1. The van der Waals surface area contributed by atoms with E-state index in [-0.39, 0.29) is 11.6 Å². The lowest BCUT2D eigenvalue weighted by Crippen LogP contribution is -2.52. The molecule has 0 spiro atoms. The Balaban J connectivity index is 1.66. The molecule has 0 amide bonds. The van der Waals surface area contributed by atoms with Crippen LogP contribution in [0.3, 0.4) is 0 Å². The summed E-state index contributed by atoms with van der Waals surface area (Å²) in [5.74, 6) is 0.837. The van der Waals surface area contributed by atoms with Gasteiger partial charge < -0.3 is 9.47 Å². The van der Waals surface area contributed by atoms with Crippen molar-refractivity contribution < 1.29 is 18.3 Å². The minimum absolute atomic E-state index is 0.251. The highest BCUT2D eigenvalue weighted by atomic mass is 19.3. The fourth-order valence-corrected chi connectivity index (χ4v) is 5.03. The molecule has 3 atom stereocenters. The SMILES string of the molecule is COc1ccc(CN2C3CCC2(c2ccc(C)cc2)CC(OC(F)F)C3)cc1. The van der Waals surface area contributed by atoms with Crippen molar-refractivity contribution in [2.24, 2.45) is 0 Å². The van der Waals surface area contributed by atoms with Gasteiger partial charge in [0.05, 0.1) is 13.2 Å². The van der Waals surface area contributed by atoms with Crippen LogP contribution in [0.1, 0.15) is 42.4 Å². The number of fused-ring (bicyclic) bond motifs is 2. The lowest BCUT2D eigenvalue weighted by Gasteiger charge is -2.48. The van der Waals surface area contributed by atoms with Gasteiger partial charge in [-0.05, 0) is 55.9 Å². The summed E-state index contributed by atoms with van der Waals surface area (Å²) in [4.78, 5) is 2.52. The van der Waals surface area contributed by atoms with E-state index >= 15 is 0 Å². The number of hydrogen-bond acceptors (Lipinski definition) is 3. The highest BCUT2D eigenvalue weighted by Crippen LogP contribution is 2.52. The second-order valence-corrected chi connectivity index (χ2v) is 8.02. The van der Waals surface area contributed by atoms with Gasteiger partial charge in [-0.15, -0.1) is 0 Å². The van der Waals surface area contributed by atoms with Gasteiger partial charge in [-0.2, -0.15) is 8.78 Å². The van der Waals surface area contributed by atoms with Crippen LogP contribution in [-0.4, -0.2) is 30.8 Å². The topological polar surface area (TPSA) is 21.7 Å². The summed E-state index contributed by atoms with van der Waals surface area (Å²) in [6.45, 7) is 0.147. The highest BCUT2D eigenvalue weighted by Gasteiger charge is 2.53. The largest absolute Gasteiger partial charge is 0.497 e. The molecule has 2 heterocycles. The van der Waals surface area contributed by atoms with Gasteiger partial charge in [-0.1, -0.05) is 42.0 Å². The van der Waals surface area contributed by atoms with Crippen LogP contribution in [0.5, 0.6) is 5.75 Å². The van der Waals surface area contributed by atoms with E-state index in [0.29, 0.717) is 12.8 Å². The molecular formula is C23H27F2NO2. The van der Waals surface area contributed by atoms with Gasteiger partial charge in [0.25, 0.3) is 0 Å². The molecule has 28 heavy (non-hydrogen) atoms. The molecule has 0 aliphatic carbocycles. The molecule has 2 bridgehead atoms. The summed E-state index contributed by atoms with van der Waals surface area (Å²) in [6.07, 6.45) is 2.84. The maximum Gasteiger partial charge on any atom is 0.345 e. The van der Waals surface area contributed by atoms with E-state index in [1.165, 1.54) is 16.7 Å². The third-order valence-corrected chi connectivity index (χ3v) is 6.38. The number of methoxy groups -OCH3 is 1. The molecule has 0 saturated carbocycles. The van der Waals surface area contributed by atoms with E-state index in [1.807, 2.05) is 12.1 Å². The first kappa shape index (κ1) is 19.3. The van der Waals surface area contributed by atoms with Gasteiger partial charge in [-0.3, -0.25) is 4.90 Å². The van der Waals surface area contributed by atoms with Crippen molar-refractivity contribution >= 4 is 0 Å². The summed E-state index contributed by atoms with van der Waals surface area (Å²) in [7, 11) is 1.66. The molecule has 2 aliphatic heterocycles. The van der Waals surface area contributed by atoms with Gasteiger partial charge in [0.2, 0.25) is 0 Å². The van der Waals surface area contributed by atoms with Crippen molar-refractivity contribution in [2.75, 3.05) is 7.11 Å². The molecule has 2 aliphatic rings. The van der Waals surface area contributed by atoms with Crippen LogP contribution >= 0.6 is 0 Å². The Labute approximate surface area is 165 Å². The normalized spacial score (nSPS) is 27.3. The van der Waals surface area contributed by atoms with E-state index in [9.17, 15) is 8.78 Å². The third-order valence-electron chi connectivity index (χ3n) is 6.38. The van der Waals surface area contributed by atoms with Gasteiger partial charge in [0.15, 0.2) is 0 Å². The summed E-state index contributed by atoms with van der Waals surface area (Å²) in [5, 5.41) is 0. The Kier molecular flexibility index (Phi) is 5.39. The van der Waals surface area contributed by atoms with Crippen molar-refractivity contribution in [1.29, 1.82) is 0 Å². The zero-order valence-corrected chi connectivity index (χ0v) is 16.4. The molecule has 4 rings (SSSR count). The third kappa shape index (κ3) is 3.65. The van der Waals surface area contributed by atoms with Gasteiger partial charge in [-0.25, -0.2) is 0 Å². The van der Waals surface area contributed by atoms with Crippen molar-refractivity contribution in [3.8, 4) is 5.75 Å². The maximum absolute atomic E-state index is 12.9. The van der Waals surface area contributed by atoms with Crippen LogP contribution in [-0.2, 0) is 16.8 Å². The van der Waals surface area contributed by atoms with E-state index in [0.717, 1.165) is 25.1 Å². The summed E-state index contributed by atoms with van der Waals surface area (Å²) in [6, 6.07) is 16.9. The predicted octanol–water partition coefficient (Wildman–Crippen LogP) is 5.27. The molecule has 0 aromatic heterocycles. The first-order chi connectivity index (χ1) is 13.5. The number of halogens is 2. The smallest absolute Gasteiger partial charge is 0.345 e. The lowest BCUT2D eigenvalue weighted by atomic mass is 9.80. The van der Waals surface area contributed by atoms with Gasteiger partial charge in [0.1, 0.15) is 5.75 Å². The van der Waals surface area contributed by atoms with E-state index < -0.39 is 12.7 Å². The number of alkyl halides is 2. The average molecular weight is 387 g/mol. The fraction of sp³-hybridized carbons (Fsp3) is 0.478. The quantitative estimate of drug-likeness (QED) is 0.674. The molecule has 3 nitrogen and oxygen atoms in total. The Bertz CT molecular complexity index is 793. The van der Waals surface area contributed by atoms with E-state index in [2.05, 4.69) is 48.2 Å². The van der Waals surface area contributed by atoms with Crippen LogP contribution in [0.2, 0.25) is 0 Å². The zero-order chi connectivity index (χ0) is 19.7. The Morgan fingerprint density at radius 1 is 1.11 bits per heavy atom. The van der Waals surface area contributed by atoms with Crippen molar-refractivity contribution in [2.45, 2.75) is 63.4 Å². The van der Waals surface area contributed by atoms with Crippen LogP contribution in [0, 0.1) is 6.92 Å². The second kappa shape index (κ2) is 7.80. The van der Waals surface area contributed by atoms with Crippen LogP contribution in [0.25, 0.3) is 0 Å².